The normalized spacial score (nSPS) is 11.5. The van der Waals surface area contributed by atoms with E-state index in [1.807, 2.05) is 19.1 Å². The molecule has 0 bridgehead atoms. The van der Waals surface area contributed by atoms with Crippen LogP contribution < -0.4 is 16.6 Å². The lowest BCUT2D eigenvalue weighted by atomic mass is 10.1. The molecule has 0 saturated carbocycles. The third-order valence-corrected chi connectivity index (χ3v) is 6.49. The van der Waals surface area contributed by atoms with Gasteiger partial charge in [-0.05, 0) is 42.3 Å². The zero-order chi connectivity index (χ0) is 25.0. The summed E-state index contributed by atoms with van der Waals surface area (Å²) in [5, 5.41) is 14.1. The molecule has 2 aromatic carbocycles. The van der Waals surface area contributed by atoms with Crippen LogP contribution in [0.5, 0.6) is 5.88 Å². The van der Waals surface area contributed by atoms with Crippen LogP contribution in [0.15, 0.2) is 57.0 Å². The first-order chi connectivity index (χ1) is 16.1. The molecular formula is C23H22Cl2N4O4S. The van der Waals surface area contributed by atoms with Crippen LogP contribution in [0, 0.1) is 0 Å². The lowest BCUT2D eigenvalue weighted by Gasteiger charge is -2.13. The number of benzene rings is 2. The van der Waals surface area contributed by atoms with Crippen LogP contribution in [0.2, 0.25) is 10.0 Å². The highest BCUT2D eigenvalue weighted by Crippen LogP contribution is 2.27. The Morgan fingerprint density at radius 1 is 1.09 bits per heavy atom. The molecule has 1 heterocycles. The maximum Gasteiger partial charge on any atom is 0.333 e. The molecule has 0 spiro atoms. The Kier molecular flexibility index (Phi) is 8.24. The summed E-state index contributed by atoms with van der Waals surface area (Å²) in [6.45, 7) is 2.03. The van der Waals surface area contributed by atoms with Crippen molar-refractivity contribution >= 4 is 57.3 Å². The van der Waals surface area contributed by atoms with Gasteiger partial charge in [-0.15, -0.1) is 0 Å². The molecule has 0 atom stereocenters. The molecule has 11 heteroatoms. The highest BCUT2D eigenvalue weighted by Gasteiger charge is 2.22. The van der Waals surface area contributed by atoms with Gasteiger partial charge >= 0.3 is 5.69 Å². The molecule has 0 aliphatic carbocycles. The average Bonchev–Trinajstić information content (AvgIpc) is 2.82. The smallest absolute Gasteiger partial charge is 0.333 e. The van der Waals surface area contributed by atoms with Gasteiger partial charge in [-0.1, -0.05) is 54.0 Å². The number of halogens is 2. The van der Waals surface area contributed by atoms with Gasteiger partial charge in [-0.3, -0.25) is 18.7 Å². The highest BCUT2D eigenvalue weighted by atomic mass is 35.5. The summed E-state index contributed by atoms with van der Waals surface area (Å²) in [6, 6.07) is 12.0. The van der Waals surface area contributed by atoms with E-state index < -0.39 is 23.0 Å². The Bertz CT molecular complexity index is 1380. The van der Waals surface area contributed by atoms with Crippen molar-refractivity contribution in [2.45, 2.75) is 13.3 Å². The number of aryl methyl sites for hydroxylation is 1. The molecule has 0 saturated heterocycles. The van der Waals surface area contributed by atoms with Gasteiger partial charge < -0.3 is 10.4 Å². The highest BCUT2D eigenvalue weighted by molar-refractivity contribution is 8.15. The van der Waals surface area contributed by atoms with Crippen molar-refractivity contribution in [1.29, 1.82) is 0 Å². The molecule has 1 aromatic heterocycles. The van der Waals surface area contributed by atoms with Crippen molar-refractivity contribution in [3.63, 3.8) is 0 Å². The number of carbonyl (C=O) groups is 1. The quantitative estimate of drug-likeness (QED) is 0.375. The van der Waals surface area contributed by atoms with Gasteiger partial charge in [0.05, 0.1) is 22.2 Å². The Morgan fingerprint density at radius 3 is 2.38 bits per heavy atom. The summed E-state index contributed by atoms with van der Waals surface area (Å²) < 4.78 is 1.82. The number of aromatic hydroxyl groups is 1. The predicted octanol–water partition coefficient (Wildman–Crippen LogP) is 4.11. The van der Waals surface area contributed by atoms with Crippen molar-refractivity contribution in [3.05, 3.63) is 84.5 Å². The van der Waals surface area contributed by atoms with Gasteiger partial charge in [0, 0.05) is 19.1 Å². The maximum atomic E-state index is 12.9. The Balaban J connectivity index is 1.97. The van der Waals surface area contributed by atoms with Crippen LogP contribution in [0.25, 0.3) is 0 Å². The predicted molar refractivity (Wildman–Crippen MR) is 138 cm³/mol. The van der Waals surface area contributed by atoms with E-state index in [-0.39, 0.29) is 21.4 Å². The number of nitrogens with zero attached hydrogens (tertiary/aromatic N) is 3. The fraction of sp³-hybridized carbons (Fsp3) is 0.217. The van der Waals surface area contributed by atoms with E-state index in [4.69, 9.17) is 23.2 Å². The van der Waals surface area contributed by atoms with Crippen molar-refractivity contribution < 1.29 is 9.90 Å². The van der Waals surface area contributed by atoms with E-state index in [1.54, 1.807) is 24.3 Å². The summed E-state index contributed by atoms with van der Waals surface area (Å²) in [5.74, 6) is -1.09. The number of aliphatic imine (C=N–C) groups is 1. The van der Waals surface area contributed by atoms with Gasteiger partial charge in [-0.25, -0.2) is 9.79 Å². The van der Waals surface area contributed by atoms with E-state index in [2.05, 4.69) is 10.3 Å². The number of thioether (sulfide) groups is 1. The van der Waals surface area contributed by atoms with E-state index >= 15 is 0 Å². The average molecular weight is 521 g/mol. The Morgan fingerprint density at radius 2 is 1.76 bits per heavy atom. The van der Waals surface area contributed by atoms with Crippen LogP contribution in [-0.4, -0.2) is 30.9 Å². The van der Waals surface area contributed by atoms with Crippen molar-refractivity contribution in [3.8, 4) is 5.88 Å². The second-order valence-corrected chi connectivity index (χ2v) is 9.11. The second-order valence-electron chi connectivity index (χ2n) is 7.30. The molecule has 3 aromatic rings. The number of anilines is 1. The Hall–Kier alpha value is -3.01. The van der Waals surface area contributed by atoms with Gasteiger partial charge in [0.1, 0.15) is 10.6 Å². The van der Waals surface area contributed by atoms with Crippen molar-refractivity contribution in [1.82, 2.24) is 9.13 Å². The molecule has 178 valence electrons. The zero-order valence-corrected chi connectivity index (χ0v) is 21.0. The lowest BCUT2D eigenvalue weighted by molar-refractivity contribution is -0.113. The molecular weight excluding hydrogens is 499 g/mol. The van der Waals surface area contributed by atoms with E-state index in [0.29, 0.717) is 16.4 Å². The van der Waals surface area contributed by atoms with Gasteiger partial charge in [0.25, 0.3) is 5.56 Å². The van der Waals surface area contributed by atoms with Crippen LogP contribution in [0.4, 0.5) is 11.4 Å². The number of nitrogens with one attached hydrogen (secondary N) is 1. The molecule has 0 fully saturated rings. The minimum Gasteiger partial charge on any atom is -0.494 e. The van der Waals surface area contributed by atoms with E-state index in [9.17, 15) is 19.5 Å². The van der Waals surface area contributed by atoms with Crippen LogP contribution in [-0.2, 0) is 25.3 Å². The summed E-state index contributed by atoms with van der Waals surface area (Å²) in [4.78, 5) is 42.2. The topological polar surface area (TPSA) is 106 Å². The van der Waals surface area contributed by atoms with Crippen LogP contribution in [0.3, 0.4) is 0 Å². The SMILES string of the molecule is CCc1ccc(N=C(SCC(=O)Nc2ccc(Cl)cc2Cl)c2c(O)n(C)c(=O)n(C)c2=O)cc1. The van der Waals surface area contributed by atoms with Gasteiger partial charge in [0.15, 0.2) is 0 Å². The minimum absolute atomic E-state index is 0.0929. The largest absolute Gasteiger partial charge is 0.494 e. The molecule has 0 aliphatic rings. The molecule has 34 heavy (non-hydrogen) atoms. The molecule has 2 N–H and O–H groups in total. The number of hydrogen-bond donors (Lipinski definition) is 2. The molecule has 0 radical (unpaired) electrons. The summed E-state index contributed by atoms with van der Waals surface area (Å²) >= 11 is 13.0. The minimum atomic E-state index is -0.724. The number of rotatable bonds is 6. The third-order valence-electron chi connectivity index (χ3n) is 4.97. The molecule has 8 nitrogen and oxygen atoms in total. The monoisotopic (exact) mass is 520 g/mol. The van der Waals surface area contributed by atoms with E-state index in [0.717, 1.165) is 32.9 Å². The first kappa shape index (κ1) is 25.6. The molecule has 1 amide bonds. The van der Waals surface area contributed by atoms with Crippen molar-refractivity contribution in [2.24, 2.45) is 19.1 Å². The number of carbonyl (C=O) groups excluding carboxylic acids is 1. The summed E-state index contributed by atoms with van der Waals surface area (Å²) in [7, 11) is 2.65. The molecule has 0 unspecified atom stereocenters. The fourth-order valence-corrected chi connectivity index (χ4v) is 4.30. The van der Waals surface area contributed by atoms with Gasteiger partial charge in [-0.2, -0.15) is 0 Å². The number of amides is 1. The maximum absolute atomic E-state index is 12.9. The summed E-state index contributed by atoms with van der Waals surface area (Å²) in [5.41, 5.74) is 0.429. The summed E-state index contributed by atoms with van der Waals surface area (Å²) in [6.07, 6.45) is 0.848. The first-order valence-electron chi connectivity index (χ1n) is 10.2. The second kappa shape index (κ2) is 10.9. The number of aromatic nitrogens is 2. The lowest BCUT2D eigenvalue weighted by Crippen LogP contribution is -2.39. The first-order valence-corrected chi connectivity index (χ1v) is 11.9. The van der Waals surface area contributed by atoms with Crippen LogP contribution in [0.1, 0.15) is 18.1 Å². The fourth-order valence-electron chi connectivity index (χ4n) is 3.02. The molecule has 0 aliphatic heterocycles. The van der Waals surface area contributed by atoms with Crippen LogP contribution >= 0.6 is 35.0 Å². The van der Waals surface area contributed by atoms with Crippen molar-refractivity contribution in [2.75, 3.05) is 11.1 Å². The van der Waals surface area contributed by atoms with Gasteiger partial charge in [0.2, 0.25) is 11.8 Å². The molecule has 3 rings (SSSR count). The van der Waals surface area contributed by atoms with E-state index in [1.165, 1.54) is 20.2 Å². The third kappa shape index (κ3) is 5.72. The standard InChI is InChI=1S/C23H22Cl2N4O4S/c1-4-13-5-8-15(9-6-13)26-20(19-21(31)28(2)23(33)29(3)22(19)32)34-12-18(30)27-17-10-7-14(24)11-16(17)25/h5-11,31H,4,12H2,1-3H3,(H,27,30). The number of hydrogen-bond acceptors (Lipinski definition) is 6. The Labute approximate surface area is 209 Å². The zero-order valence-electron chi connectivity index (χ0n) is 18.6.